The first-order chi connectivity index (χ1) is 13.7. The SMILES string of the molecule is CCCNC(=O)[C@H](Cc1ccccc1)NC(=O)[C@H]1CC(c2ccccc2)=NO1. The molecule has 0 radical (unpaired) electrons. The van der Waals surface area contributed by atoms with Gasteiger partial charge in [-0.05, 0) is 17.5 Å². The molecule has 2 aromatic carbocycles. The van der Waals surface area contributed by atoms with Crippen LogP contribution in [0.5, 0.6) is 0 Å². The van der Waals surface area contributed by atoms with E-state index in [9.17, 15) is 9.59 Å². The number of amides is 2. The lowest BCUT2D eigenvalue weighted by Gasteiger charge is -2.20. The Morgan fingerprint density at radius 2 is 1.79 bits per heavy atom. The van der Waals surface area contributed by atoms with E-state index in [-0.39, 0.29) is 11.8 Å². The summed E-state index contributed by atoms with van der Waals surface area (Å²) in [7, 11) is 0. The topological polar surface area (TPSA) is 79.8 Å². The summed E-state index contributed by atoms with van der Waals surface area (Å²) in [5.41, 5.74) is 2.64. The van der Waals surface area contributed by atoms with Crippen molar-refractivity contribution in [2.45, 2.75) is 38.3 Å². The molecule has 3 rings (SSSR count). The predicted molar refractivity (Wildman–Crippen MR) is 108 cm³/mol. The van der Waals surface area contributed by atoms with Crippen LogP contribution in [-0.4, -0.2) is 36.2 Å². The minimum absolute atomic E-state index is 0.193. The molecule has 6 nitrogen and oxygen atoms in total. The summed E-state index contributed by atoms with van der Waals surface area (Å²) < 4.78 is 0. The van der Waals surface area contributed by atoms with Gasteiger partial charge < -0.3 is 15.5 Å². The number of carbonyl (C=O) groups is 2. The van der Waals surface area contributed by atoms with Gasteiger partial charge in [-0.25, -0.2) is 0 Å². The van der Waals surface area contributed by atoms with Crippen LogP contribution in [0.4, 0.5) is 0 Å². The Morgan fingerprint density at radius 3 is 2.46 bits per heavy atom. The van der Waals surface area contributed by atoms with Crippen LogP contribution < -0.4 is 10.6 Å². The molecule has 2 atom stereocenters. The largest absolute Gasteiger partial charge is 0.382 e. The molecular weight excluding hydrogens is 354 g/mol. The molecule has 0 fully saturated rings. The van der Waals surface area contributed by atoms with E-state index in [0.717, 1.165) is 23.3 Å². The van der Waals surface area contributed by atoms with Crippen molar-refractivity contribution in [1.29, 1.82) is 0 Å². The Hall–Kier alpha value is -3.15. The minimum atomic E-state index is -0.729. The highest BCUT2D eigenvalue weighted by molar-refractivity contribution is 6.04. The number of benzene rings is 2. The Morgan fingerprint density at radius 1 is 1.11 bits per heavy atom. The summed E-state index contributed by atoms with van der Waals surface area (Å²) in [5, 5.41) is 9.75. The molecule has 0 bridgehead atoms. The van der Waals surface area contributed by atoms with Crippen LogP contribution in [0.1, 0.15) is 30.9 Å². The van der Waals surface area contributed by atoms with Crippen molar-refractivity contribution in [3.8, 4) is 0 Å². The van der Waals surface area contributed by atoms with Crippen LogP contribution in [0.2, 0.25) is 0 Å². The van der Waals surface area contributed by atoms with Gasteiger partial charge >= 0.3 is 0 Å². The molecule has 0 unspecified atom stereocenters. The van der Waals surface area contributed by atoms with E-state index in [4.69, 9.17) is 4.84 Å². The van der Waals surface area contributed by atoms with Crippen molar-refractivity contribution in [1.82, 2.24) is 10.6 Å². The fourth-order valence-corrected chi connectivity index (χ4v) is 3.01. The number of hydrogen-bond donors (Lipinski definition) is 2. The Balaban J connectivity index is 1.63. The zero-order chi connectivity index (χ0) is 19.8. The van der Waals surface area contributed by atoms with E-state index in [0.29, 0.717) is 19.4 Å². The van der Waals surface area contributed by atoms with Crippen LogP contribution in [0.15, 0.2) is 65.8 Å². The fourth-order valence-electron chi connectivity index (χ4n) is 3.01. The van der Waals surface area contributed by atoms with E-state index in [1.54, 1.807) is 0 Å². The standard InChI is InChI=1S/C22H25N3O3/c1-2-13-23-21(26)19(14-16-9-5-3-6-10-16)24-22(27)20-15-18(25-28-20)17-11-7-4-8-12-17/h3-12,19-20H,2,13-15H2,1H3,(H,23,26)(H,24,27)/t19-,20+/m0/s1. The first-order valence-corrected chi connectivity index (χ1v) is 9.57. The maximum atomic E-state index is 12.7. The highest BCUT2D eigenvalue weighted by Gasteiger charge is 2.31. The summed E-state index contributed by atoms with van der Waals surface area (Å²) in [6.07, 6.45) is 0.899. The lowest BCUT2D eigenvalue weighted by molar-refractivity contribution is -0.135. The van der Waals surface area contributed by atoms with Crippen molar-refractivity contribution in [3.05, 3.63) is 71.8 Å². The smallest absolute Gasteiger partial charge is 0.265 e. The zero-order valence-corrected chi connectivity index (χ0v) is 15.9. The molecule has 0 saturated carbocycles. The maximum absolute atomic E-state index is 12.7. The third-order valence-corrected chi connectivity index (χ3v) is 4.53. The van der Waals surface area contributed by atoms with Gasteiger partial charge in [0.2, 0.25) is 12.0 Å². The fraction of sp³-hybridized carbons (Fsp3) is 0.318. The number of nitrogens with one attached hydrogen (secondary N) is 2. The molecule has 1 aliphatic rings. The van der Waals surface area contributed by atoms with Gasteiger partial charge in [-0.3, -0.25) is 9.59 Å². The van der Waals surface area contributed by atoms with E-state index >= 15 is 0 Å². The molecule has 2 N–H and O–H groups in total. The normalized spacial score (nSPS) is 16.6. The molecule has 0 aromatic heterocycles. The third-order valence-electron chi connectivity index (χ3n) is 4.53. The van der Waals surface area contributed by atoms with Gasteiger partial charge in [-0.2, -0.15) is 0 Å². The third kappa shape index (κ3) is 5.19. The van der Waals surface area contributed by atoms with E-state index in [2.05, 4.69) is 15.8 Å². The predicted octanol–water partition coefficient (Wildman–Crippen LogP) is 2.43. The van der Waals surface area contributed by atoms with E-state index in [1.807, 2.05) is 67.6 Å². The van der Waals surface area contributed by atoms with Gasteiger partial charge in [0.25, 0.3) is 5.91 Å². The van der Waals surface area contributed by atoms with Crippen LogP contribution in [0.25, 0.3) is 0 Å². The lowest BCUT2D eigenvalue weighted by atomic mass is 10.0. The summed E-state index contributed by atoms with van der Waals surface area (Å²) in [6.45, 7) is 2.56. The Kier molecular flexibility index (Phi) is 6.78. The second-order valence-electron chi connectivity index (χ2n) is 6.74. The molecular formula is C22H25N3O3. The number of rotatable bonds is 8. The Bertz CT molecular complexity index is 821. The average molecular weight is 379 g/mol. The number of carbonyl (C=O) groups excluding carboxylic acids is 2. The van der Waals surface area contributed by atoms with Gasteiger partial charge in [0, 0.05) is 19.4 Å². The molecule has 1 aliphatic heterocycles. The van der Waals surface area contributed by atoms with Crippen LogP contribution >= 0.6 is 0 Å². The molecule has 1 heterocycles. The summed E-state index contributed by atoms with van der Waals surface area (Å²) >= 11 is 0. The van der Waals surface area contributed by atoms with Crippen molar-refractivity contribution in [2.75, 3.05) is 6.54 Å². The quantitative estimate of drug-likeness (QED) is 0.739. The van der Waals surface area contributed by atoms with Crippen molar-refractivity contribution in [2.24, 2.45) is 5.16 Å². The van der Waals surface area contributed by atoms with Crippen molar-refractivity contribution in [3.63, 3.8) is 0 Å². The van der Waals surface area contributed by atoms with Crippen molar-refractivity contribution < 1.29 is 14.4 Å². The first kappa shape index (κ1) is 19.6. The van der Waals surface area contributed by atoms with Gasteiger partial charge in [0.15, 0.2) is 0 Å². The monoisotopic (exact) mass is 379 g/mol. The van der Waals surface area contributed by atoms with E-state index < -0.39 is 12.1 Å². The molecule has 2 amide bonds. The maximum Gasteiger partial charge on any atom is 0.265 e. The first-order valence-electron chi connectivity index (χ1n) is 9.57. The van der Waals surface area contributed by atoms with Crippen LogP contribution in [-0.2, 0) is 20.8 Å². The summed E-state index contributed by atoms with van der Waals surface area (Å²) in [6, 6.07) is 18.6. The van der Waals surface area contributed by atoms with E-state index in [1.165, 1.54) is 0 Å². The van der Waals surface area contributed by atoms with Crippen LogP contribution in [0.3, 0.4) is 0 Å². The molecule has 0 spiro atoms. The van der Waals surface area contributed by atoms with Crippen molar-refractivity contribution >= 4 is 17.5 Å². The lowest BCUT2D eigenvalue weighted by Crippen LogP contribution is -2.51. The van der Waals surface area contributed by atoms with Gasteiger partial charge in [-0.15, -0.1) is 0 Å². The van der Waals surface area contributed by atoms with Gasteiger partial charge in [-0.1, -0.05) is 72.7 Å². The zero-order valence-electron chi connectivity index (χ0n) is 15.9. The molecule has 0 aliphatic carbocycles. The van der Waals surface area contributed by atoms with Gasteiger partial charge in [0.1, 0.15) is 6.04 Å². The average Bonchev–Trinajstić information content (AvgIpc) is 3.23. The number of oxime groups is 1. The second-order valence-corrected chi connectivity index (χ2v) is 6.74. The highest BCUT2D eigenvalue weighted by Crippen LogP contribution is 2.17. The summed E-state index contributed by atoms with van der Waals surface area (Å²) in [4.78, 5) is 30.6. The minimum Gasteiger partial charge on any atom is -0.382 e. The molecule has 2 aromatic rings. The molecule has 146 valence electrons. The Labute approximate surface area is 165 Å². The number of hydrogen-bond acceptors (Lipinski definition) is 4. The molecule has 28 heavy (non-hydrogen) atoms. The molecule has 6 heteroatoms. The van der Waals surface area contributed by atoms with Crippen LogP contribution in [0, 0.1) is 0 Å². The molecule has 0 saturated heterocycles. The summed E-state index contributed by atoms with van der Waals surface area (Å²) in [5.74, 6) is -0.525. The van der Waals surface area contributed by atoms with Gasteiger partial charge in [0.05, 0.1) is 5.71 Å². The highest BCUT2D eigenvalue weighted by atomic mass is 16.6. The number of nitrogens with zero attached hydrogens (tertiary/aromatic N) is 1. The second kappa shape index (κ2) is 9.69.